The first-order valence-corrected chi connectivity index (χ1v) is 15.5. The Hall–Kier alpha value is -5.33. The molecule has 0 fully saturated rings. The number of hydrogen-bond acceptors (Lipinski definition) is 9. The fourth-order valence-electron chi connectivity index (χ4n) is 4.74. The summed E-state index contributed by atoms with van der Waals surface area (Å²) in [6, 6.07) is 20.8. The number of rotatable bonds is 9. The number of amides is 2. The fraction of sp³-hybridized carbons (Fsp3) is 0.206. The van der Waals surface area contributed by atoms with Crippen LogP contribution in [0.3, 0.4) is 0 Å². The number of hydrogen-bond donors (Lipinski definition) is 4. The molecule has 46 heavy (non-hydrogen) atoms. The zero-order valence-corrected chi connectivity index (χ0v) is 26.7. The summed E-state index contributed by atoms with van der Waals surface area (Å²) >= 11 is 1.61. The van der Waals surface area contributed by atoms with Crippen molar-refractivity contribution in [2.24, 2.45) is 0 Å². The number of anilines is 4. The zero-order valence-electron chi connectivity index (χ0n) is 25.9. The van der Waals surface area contributed by atoms with Gasteiger partial charge in [-0.15, -0.1) is 11.3 Å². The van der Waals surface area contributed by atoms with Gasteiger partial charge in [0, 0.05) is 33.3 Å². The normalized spacial score (nSPS) is 11.4. The van der Waals surface area contributed by atoms with Crippen molar-refractivity contribution >= 4 is 51.3 Å². The van der Waals surface area contributed by atoms with Gasteiger partial charge in [-0.3, -0.25) is 10.3 Å². The average molecular weight is 635 g/mol. The number of aliphatic hydroxyl groups excluding tert-OH is 1. The van der Waals surface area contributed by atoms with Crippen LogP contribution in [0.1, 0.15) is 42.6 Å². The summed E-state index contributed by atoms with van der Waals surface area (Å²) in [5, 5.41) is 25.8. The van der Waals surface area contributed by atoms with Crippen molar-refractivity contribution in [1.82, 2.24) is 24.7 Å². The maximum absolute atomic E-state index is 13.3. The van der Waals surface area contributed by atoms with Crippen LogP contribution >= 0.6 is 11.3 Å². The second-order valence-corrected chi connectivity index (χ2v) is 13.0. The predicted molar refractivity (Wildman–Crippen MR) is 181 cm³/mol. The summed E-state index contributed by atoms with van der Waals surface area (Å²) < 4.78 is 8.03. The summed E-state index contributed by atoms with van der Waals surface area (Å²) in [6.07, 6.45) is 4.74. The molecular weight excluding hydrogens is 600 g/mol. The third-order valence-corrected chi connectivity index (χ3v) is 8.10. The maximum Gasteiger partial charge on any atom is 0.324 e. The molecule has 12 heteroatoms. The minimum atomic E-state index is -0.374. The number of carbonyl (C=O) groups excluding carboxylic acids is 1. The lowest BCUT2D eigenvalue weighted by Crippen LogP contribution is -2.21. The molecule has 4 heterocycles. The molecule has 0 spiro atoms. The first kappa shape index (κ1) is 30.7. The van der Waals surface area contributed by atoms with Crippen molar-refractivity contribution in [3.63, 3.8) is 0 Å². The number of benzene rings is 2. The van der Waals surface area contributed by atoms with Crippen LogP contribution in [0.5, 0.6) is 5.75 Å². The molecule has 0 aliphatic heterocycles. The fourth-order valence-corrected chi connectivity index (χ4v) is 5.57. The van der Waals surface area contributed by atoms with E-state index in [9.17, 15) is 9.90 Å². The molecule has 0 radical (unpaired) electrons. The van der Waals surface area contributed by atoms with Gasteiger partial charge < -0.3 is 20.5 Å². The number of nitrogens with one attached hydrogen (secondary N) is 3. The van der Waals surface area contributed by atoms with E-state index in [1.807, 2.05) is 73.7 Å². The van der Waals surface area contributed by atoms with Crippen LogP contribution in [0, 0.1) is 6.92 Å². The van der Waals surface area contributed by atoms with Crippen LogP contribution in [-0.4, -0.2) is 35.9 Å². The van der Waals surface area contributed by atoms with Gasteiger partial charge in [0.1, 0.15) is 34.8 Å². The van der Waals surface area contributed by atoms with Crippen LogP contribution in [-0.2, 0) is 18.6 Å². The second-order valence-electron chi connectivity index (χ2n) is 11.7. The van der Waals surface area contributed by atoms with Crippen molar-refractivity contribution in [3.05, 3.63) is 107 Å². The first-order chi connectivity index (χ1) is 22.2. The molecule has 234 valence electrons. The molecule has 0 atom stereocenters. The molecule has 6 rings (SSSR count). The molecule has 0 unspecified atom stereocenters. The monoisotopic (exact) mass is 634 g/mol. The molecule has 6 aromatic rings. The quantitative estimate of drug-likeness (QED) is 0.130. The number of nitrogens with zero attached hydrogens (tertiary/aromatic N) is 5. The minimum absolute atomic E-state index is 0.169. The van der Waals surface area contributed by atoms with E-state index in [4.69, 9.17) is 9.84 Å². The van der Waals surface area contributed by atoms with Gasteiger partial charge in [0.2, 0.25) is 0 Å². The van der Waals surface area contributed by atoms with E-state index in [2.05, 4.69) is 51.7 Å². The highest BCUT2D eigenvalue weighted by atomic mass is 32.1. The molecule has 4 N–H and O–H groups in total. The SMILES string of the molecule is Cc1ccc(-n2nc(C(C)(C)C)cc2NC(=O)Nc2ccc(OCc3ccnc(Nc4cnc(CO)cn4)c3)c3ccccc23)s1. The van der Waals surface area contributed by atoms with E-state index in [0.29, 0.717) is 41.2 Å². The molecule has 0 aliphatic rings. The first-order valence-electron chi connectivity index (χ1n) is 14.7. The number of urea groups is 1. The molecule has 11 nitrogen and oxygen atoms in total. The van der Waals surface area contributed by atoms with Gasteiger partial charge in [-0.2, -0.15) is 5.10 Å². The number of fused-ring (bicyclic) bond motifs is 1. The molecule has 2 amide bonds. The standard InChI is InChI=1S/C34H34N8O3S/c1-21-9-12-32(46-21)42-31(16-28(41-42)34(2,3)4)40-33(44)38-26-10-11-27(25-8-6-5-7-24(25)26)45-20-22-13-14-35-29(15-22)39-30-18-36-23(19-43)17-37-30/h5-18,43H,19-20H2,1-4H3,(H,35,37,39)(H2,38,40,44). The van der Waals surface area contributed by atoms with Gasteiger partial charge in [0.05, 0.1) is 36.1 Å². The van der Waals surface area contributed by atoms with E-state index in [1.165, 1.54) is 6.20 Å². The number of carbonyl (C=O) groups is 1. The van der Waals surface area contributed by atoms with Crippen molar-refractivity contribution < 1.29 is 14.6 Å². The second kappa shape index (κ2) is 13.0. The van der Waals surface area contributed by atoms with Gasteiger partial charge in [0.25, 0.3) is 0 Å². The van der Waals surface area contributed by atoms with Crippen molar-refractivity contribution in [2.45, 2.75) is 46.3 Å². The smallest absolute Gasteiger partial charge is 0.324 e. The highest BCUT2D eigenvalue weighted by molar-refractivity contribution is 7.14. The lowest BCUT2D eigenvalue weighted by molar-refractivity contribution is 0.262. The molecule has 0 aliphatic carbocycles. The Morgan fingerprint density at radius 2 is 1.76 bits per heavy atom. The van der Waals surface area contributed by atoms with Crippen molar-refractivity contribution in [3.8, 4) is 10.8 Å². The van der Waals surface area contributed by atoms with E-state index in [1.54, 1.807) is 28.4 Å². The van der Waals surface area contributed by atoms with Crippen LogP contribution in [0.2, 0.25) is 0 Å². The third kappa shape index (κ3) is 6.98. The Balaban J connectivity index is 1.17. The number of aliphatic hydroxyl groups is 1. The Morgan fingerprint density at radius 1 is 0.935 bits per heavy atom. The van der Waals surface area contributed by atoms with Gasteiger partial charge in [-0.05, 0) is 48.9 Å². The molecule has 0 saturated heterocycles. The van der Waals surface area contributed by atoms with Gasteiger partial charge >= 0.3 is 6.03 Å². The topological polar surface area (TPSA) is 139 Å². The zero-order chi connectivity index (χ0) is 32.3. The van der Waals surface area contributed by atoms with Gasteiger partial charge in [0.15, 0.2) is 0 Å². The lowest BCUT2D eigenvalue weighted by atomic mass is 9.92. The molecule has 0 bridgehead atoms. The lowest BCUT2D eigenvalue weighted by Gasteiger charge is -2.14. The van der Waals surface area contributed by atoms with E-state index in [0.717, 1.165) is 31.9 Å². The molecule has 0 saturated carbocycles. The highest BCUT2D eigenvalue weighted by Gasteiger charge is 2.22. The largest absolute Gasteiger partial charge is 0.488 e. The Labute approximate surface area is 270 Å². The van der Waals surface area contributed by atoms with Crippen LogP contribution in [0.15, 0.2) is 85.3 Å². The van der Waals surface area contributed by atoms with E-state index >= 15 is 0 Å². The Kier molecular flexibility index (Phi) is 8.64. The number of thiophene rings is 1. The van der Waals surface area contributed by atoms with Crippen LogP contribution in [0.4, 0.5) is 27.9 Å². The van der Waals surface area contributed by atoms with Gasteiger partial charge in [-0.1, -0.05) is 45.0 Å². The third-order valence-electron chi connectivity index (χ3n) is 7.13. The number of pyridine rings is 1. The summed E-state index contributed by atoms with van der Waals surface area (Å²) in [5.74, 6) is 2.38. The summed E-state index contributed by atoms with van der Waals surface area (Å²) in [4.78, 5) is 27.2. The van der Waals surface area contributed by atoms with E-state index < -0.39 is 0 Å². The van der Waals surface area contributed by atoms with Crippen LogP contribution < -0.4 is 20.7 Å². The van der Waals surface area contributed by atoms with Crippen molar-refractivity contribution in [2.75, 3.05) is 16.0 Å². The predicted octanol–water partition coefficient (Wildman–Crippen LogP) is 7.34. The number of aromatic nitrogens is 5. The molecule has 2 aromatic carbocycles. The minimum Gasteiger partial charge on any atom is -0.488 e. The number of aryl methyl sites for hydroxylation is 1. The van der Waals surface area contributed by atoms with Crippen molar-refractivity contribution in [1.29, 1.82) is 0 Å². The Morgan fingerprint density at radius 3 is 2.48 bits per heavy atom. The molecular formula is C34H34N8O3S. The maximum atomic E-state index is 13.3. The van der Waals surface area contributed by atoms with Crippen LogP contribution in [0.25, 0.3) is 15.8 Å². The number of ether oxygens (including phenoxy) is 1. The summed E-state index contributed by atoms with van der Waals surface area (Å²) in [6.45, 7) is 8.46. The molecule has 4 aromatic heterocycles. The Bertz CT molecular complexity index is 2000. The van der Waals surface area contributed by atoms with E-state index in [-0.39, 0.29) is 18.1 Å². The highest BCUT2D eigenvalue weighted by Crippen LogP contribution is 2.33. The summed E-state index contributed by atoms with van der Waals surface area (Å²) in [5.41, 5.74) is 2.73. The van der Waals surface area contributed by atoms with Gasteiger partial charge in [-0.25, -0.2) is 19.4 Å². The average Bonchev–Trinajstić information content (AvgIpc) is 3.67. The summed E-state index contributed by atoms with van der Waals surface area (Å²) in [7, 11) is 0.